The number of carbonyl (C=O) groups is 2. The van der Waals surface area contributed by atoms with E-state index >= 15 is 0 Å². The molecule has 2 atom stereocenters. The first-order chi connectivity index (χ1) is 15.9. The van der Waals surface area contributed by atoms with Crippen molar-refractivity contribution >= 4 is 41.1 Å². The van der Waals surface area contributed by atoms with Crippen molar-refractivity contribution < 1.29 is 24.2 Å². The minimum atomic E-state index is -1.39. The number of anilines is 2. The molecule has 1 aromatic heterocycles. The van der Waals surface area contributed by atoms with Crippen molar-refractivity contribution in [2.75, 3.05) is 18.7 Å². The lowest BCUT2D eigenvalue weighted by Crippen LogP contribution is -2.43. The molecule has 4 aliphatic heterocycles. The van der Waals surface area contributed by atoms with Crippen LogP contribution in [0.15, 0.2) is 23.9 Å². The van der Waals surface area contributed by atoms with Crippen molar-refractivity contribution in [3.8, 4) is 5.75 Å². The first-order valence-corrected chi connectivity index (χ1v) is 11.3. The van der Waals surface area contributed by atoms with E-state index in [9.17, 15) is 14.7 Å². The summed E-state index contributed by atoms with van der Waals surface area (Å²) >= 11 is 0. The molecule has 6 rings (SSSR count). The Morgan fingerprint density at radius 1 is 1.24 bits per heavy atom. The van der Waals surface area contributed by atoms with Gasteiger partial charge in [0, 0.05) is 52.1 Å². The second-order valence-corrected chi connectivity index (χ2v) is 8.92. The highest BCUT2D eigenvalue weighted by Crippen LogP contribution is 2.49. The number of rotatable bonds is 2. The molecule has 8 heteroatoms. The number of hydrogen-bond acceptors (Lipinski definition) is 7. The summed E-state index contributed by atoms with van der Waals surface area (Å²) < 4.78 is 12.8. The van der Waals surface area contributed by atoms with Gasteiger partial charge in [-0.3, -0.25) is 4.79 Å². The number of fused-ring (bicyclic) bond motifs is 7. The van der Waals surface area contributed by atoms with Crippen molar-refractivity contribution in [3.63, 3.8) is 0 Å². The Bertz CT molecular complexity index is 1390. The molecule has 0 amide bonds. The zero-order valence-corrected chi connectivity index (χ0v) is 18.5. The first kappa shape index (κ1) is 20.1. The monoisotopic (exact) mass is 447 g/mol. The van der Waals surface area contributed by atoms with Gasteiger partial charge in [0.25, 0.3) is 0 Å². The molecule has 4 aliphatic rings. The van der Waals surface area contributed by atoms with Crippen molar-refractivity contribution in [1.29, 1.82) is 0 Å². The molecule has 3 N–H and O–H groups in total. The fourth-order valence-electron chi connectivity index (χ4n) is 5.56. The van der Waals surface area contributed by atoms with Gasteiger partial charge >= 0.3 is 5.97 Å². The molecule has 5 heterocycles. The third kappa shape index (κ3) is 2.73. The maximum Gasteiger partial charge on any atom is 0.336 e. The van der Waals surface area contributed by atoms with Gasteiger partial charge in [-0.25, -0.2) is 4.79 Å². The Labute approximate surface area is 190 Å². The highest BCUT2D eigenvalue weighted by Gasteiger charge is 2.50. The van der Waals surface area contributed by atoms with Crippen LogP contribution < -0.4 is 25.8 Å². The number of carbonyl (C=O) groups excluding carboxylic acids is 2. The largest absolute Gasteiger partial charge is 0.473 e. The lowest BCUT2D eigenvalue weighted by atomic mass is 9.73. The lowest BCUT2D eigenvalue weighted by molar-refractivity contribution is -0.142. The second-order valence-electron chi connectivity index (χ2n) is 8.92. The molecule has 170 valence electrons. The molecule has 2 aromatic rings. The Morgan fingerprint density at radius 2 is 2.09 bits per heavy atom. The SMILES string of the molecule is CCC1=c2c(ccc3c2=Cc2cn4c(c2N3)C(O)(CC)C2CC(=O)COC(=O)C2=C4)OCN1. The van der Waals surface area contributed by atoms with E-state index in [1.165, 1.54) is 0 Å². The number of nitrogens with zero attached hydrogens (tertiary/aromatic N) is 1. The van der Waals surface area contributed by atoms with Gasteiger partial charge in [-0.2, -0.15) is 0 Å². The maximum atomic E-state index is 12.6. The van der Waals surface area contributed by atoms with Gasteiger partial charge < -0.3 is 29.8 Å². The molecule has 2 unspecified atom stereocenters. The Hall–Kier alpha value is -3.52. The number of nitrogens with one attached hydrogen (secondary N) is 2. The number of esters is 1. The smallest absolute Gasteiger partial charge is 0.336 e. The number of cyclic esters (lactones) is 1. The van der Waals surface area contributed by atoms with Crippen LogP contribution >= 0.6 is 0 Å². The van der Waals surface area contributed by atoms with E-state index in [0.29, 0.717) is 24.4 Å². The van der Waals surface area contributed by atoms with E-state index in [4.69, 9.17) is 9.47 Å². The summed E-state index contributed by atoms with van der Waals surface area (Å²) in [4.78, 5) is 25.0. The molecule has 1 aromatic carbocycles. The van der Waals surface area contributed by atoms with E-state index in [1.54, 1.807) is 10.8 Å². The zero-order chi connectivity index (χ0) is 22.9. The zero-order valence-electron chi connectivity index (χ0n) is 18.5. The van der Waals surface area contributed by atoms with E-state index in [1.807, 2.05) is 25.3 Å². The maximum absolute atomic E-state index is 12.6. The highest BCUT2D eigenvalue weighted by atomic mass is 16.5. The highest BCUT2D eigenvalue weighted by molar-refractivity contribution is 5.98. The van der Waals surface area contributed by atoms with Crippen LogP contribution in [0.25, 0.3) is 18.0 Å². The molecule has 0 radical (unpaired) electrons. The summed E-state index contributed by atoms with van der Waals surface area (Å²) in [6.07, 6.45) is 6.95. The molecule has 8 nitrogen and oxygen atoms in total. The summed E-state index contributed by atoms with van der Waals surface area (Å²) in [6, 6.07) is 3.95. The average Bonchev–Trinajstić information content (AvgIpc) is 3.12. The summed E-state index contributed by atoms with van der Waals surface area (Å²) in [5.74, 6) is -0.551. The van der Waals surface area contributed by atoms with Crippen molar-refractivity contribution in [1.82, 2.24) is 9.88 Å². The van der Waals surface area contributed by atoms with Crippen LogP contribution in [-0.2, 0) is 19.9 Å². The van der Waals surface area contributed by atoms with Crippen LogP contribution in [0.2, 0.25) is 0 Å². The van der Waals surface area contributed by atoms with Crippen molar-refractivity contribution in [3.05, 3.63) is 45.6 Å². The molecule has 1 fully saturated rings. The van der Waals surface area contributed by atoms with E-state index in [-0.39, 0.29) is 18.8 Å². The Kier molecular flexibility index (Phi) is 4.26. The summed E-state index contributed by atoms with van der Waals surface area (Å²) in [6.45, 7) is 4.17. The van der Waals surface area contributed by atoms with Crippen LogP contribution in [0.1, 0.15) is 44.4 Å². The number of benzene rings is 1. The lowest BCUT2D eigenvalue weighted by Gasteiger charge is -2.39. The van der Waals surface area contributed by atoms with Crippen LogP contribution in [0.3, 0.4) is 0 Å². The Balaban J connectivity index is 1.61. The predicted octanol–water partition coefficient (Wildman–Crippen LogP) is 1.42. The van der Waals surface area contributed by atoms with Gasteiger partial charge in [-0.05, 0) is 31.1 Å². The predicted molar refractivity (Wildman–Crippen MR) is 122 cm³/mol. The molecule has 0 saturated carbocycles. The standard InChI is InChI=1S/C25H25N3O5/c1-3-18-21-15-7-13-9-28-10-16-17(8-14(29)11-32-24(16)30)25(31,4-2)23(28)22(13)27-19(15)5-6-20(21)33-12-26-18/h5-7,9-10,17,26-27,31H,3-4,8,11-12H2,1-2H3. The topological polar surface area (TPSA) is 102 Å². The molecule has 0 spiro atoms. The van der Waals surface area contributed by atoms with Gasteiger partial charge in [0.15, 0.2) is 12.5 Å². The van der Waals surface area contributed by atoms with Gasteiger partial charge in [0.1, 0.15) is 18.0 Å². The number of hydrogen-bond donors (Lipinski definition) is 3. The van der Waals surface area contributed by atoms with Crippen LogP contribution in [0, 0.1) is 5.92 Å². The van der Waals surface area contributed by atoms with Gasteiger partial charge in [-0.15, -0.1) is 0 Å². The molecule has 0 aliphatic carbocycles. The number of aromatic nitrogens is 1. The summed E-state index contributed by atoms with van der Waals surface area (Å²) in [5, 5.41) is 20.8. The van der Waals surface area contributed by atoms with E-state index < -0.39 is 17.5 Å². The fraction of sp³-hybridized carbons (Fsp3) is 0.360. The Morgan fingerprint density at radius 3 is 2.88 bits per heavy atom. The van der Waals surface area contributed by atoms with Gasteiger partial charge in [-0.1, -0.05) is 13.8 Å². The van der Waals surface area contributed by atoms with E-state index in [2.05, 4.69) is 23.6 Å². The molecular formula is C25H25N3O5. The van der Waals surface area contributed by atoms with Crippen LogP contribution in [-0.4, -0.2) is 34.8 Å². The van der Waals surface area contributed by atoms with E-state index in [0.717, 1.165) is 45.2 Å². The van der Waals surface area contributed by atoms with Crippen molar-refractivity contribution in [2.24, 2.45) is 5.92 Å². The van der Waals surface area contributed by atoms with Crippen LogP contribution in [0.5, 0.6) is 5.75 Å². The number of aliphatic hydroxyl groups is 1. The minimum absolute atomic E-state index is 0.0630. The summed E-state index contributed by atoms with van der Waals surface area (Å²) in [5.41, 5.74) is 3.31. The second kappa shape index (κ2) is 6.99. The quantitative estimate of drug-likeness (QED) is 0.511. The first-order valence-electron chi connectivity index (χ1n) is 11.3. The van der Waals surface area contributed by atoms with Gasteiger partial charge in [0.2, 0.25) is 0 Å². The molecule has 33 heavy (non-hydrogen) atoms. The average molecular weight is 447 g/mol. The normalized spacial score (nSPS) is 24.8. The number of ether oxygens (including phenoxy) is 2. The molecule has 0 bridgehead atoms. The minimum Gasteiger partial charge on any atom is -0.473 e. The summed E-state index contributed by atoms with van der Waals surface area (Å²) in [7, 11) is 0. The molecular weight excluding hydrogens is 422 g/mol. The fourth-order valence-corrected chi connectivity index (χ4v) is 5.56. The third-order valence-electron chi connectivity index (χ3n) is 7.21. The van der Waals surface area contributed by atoms with Crippen molar-refractivity contribution in [2.45, 2.75) is 38.7 Å². The van der Waals surface area contributed by atoms with Gasteiger partial charge in [0.05, 0.1) is 17.0 Å². The molecule has 1 saturated heterocycles. The third-order valence-corrected chi connectivity index (χ3v) is 7.21. The number of Topliss-reactive ketones (excluding diaryl/α,β-unsaturated/α-hetero) is 1. The van der Waals surface area contributed by atoms with Crippen LogP contribution in [0.4, 0.5) is 11.4 Å². The number of ketones is 1.